The van der Waals surface area contributed by atoms with Crippen molar-refractivity contribution >= 4 is 11.9 Å². The van der Waals surface area contributed by atoms with E-state index in [0.717, 1.165) is 51.6 Å². The lowest BCUT2D eigenvalue weighted by Gasteiger charge is -2.16. The van der Waals surface area contributed by atoms with Gasteiger partial charge in [-0.2, -0.15) is 0 Å². The molecule has 0 heterocycles. The van der Waals surface area contributed by atoms with E-state index in [2.05, 4.69) is 25.8 Å². The third-order valence-electron chi connectivity index (χ3n) is 9.14. The number of hydrogen-bond acceptors (Lipinski definition) is 5. The van der Waals surface area contributed by atoms with Gasteiger partial charge in [-0.1, -0.05) is 174 Å². The summed E-state index contributed by atoms with van der Waals surface area (Å²) < 4.78 is 10.9. The first kappa shape index (κ1) is 43.9. The first-order valence-electron chi connectivity index (χ1n) is 20.1. The molecule has 0 atom stereocenters. The fraction of sp³-hybridized carbons (Fsp3) is 0.950. The van der Waals surface area contributed by atoms with E-state index in [4.69, 9.17) is 9.47 Å². The largest absolute Gasteiger partial charge is 0.466 e. The van der Waals surface area contributed by atoms with Crippen molar-refractivity contribution < 1.29 is 19.1 Å². The van der Waals surface area contributed by atoms with Crippen LogP contribution >= 0.6 is 0 Å². The number of ether oxygens (including phenoxy) is 2. The van der Waals surface area contributed by atoms with Crippen LogP contribution in [0, 0.1) is 0 Å². The molecule has 0 rings (SSSR count). The summed E-state index contributed by atoms with van der Waals surface area (Å²) in [7, 11) is 2.06. The molecule has 0 aliphatic carbocycles. The monoisotopic (exact) mass is 638 g/mol. The van der Waals surface area contributed by atoms with Crippen LogP contribution in [0.5, 0.6) is 0 Å². The Morgan fingerprint density at radius 3 is 1.07 bits per heavy atom. The van der Waals surface area contributed by atoms with Gasteiger partial charge < -0.3 is 14.4 Å². The van der Waals surface area contributed by atoms with Crippen molar-refractivity contribution in [3.8, 4) is 0 Å². The molecule has 0 spiro atoms. The van der Waals surface area contributed by atoms with Crippen molar-refractivity contribution in [1.29, 1.82) is 0 Å². The van der Waals surface area contributed by atoms with E-state index >= 15 is 0 Å². The number of nitrogens with zero attached hydrogens (tertiary/aromatic N) is 1. The average Bonchev–Trinajstić information content (AvgIpc) is 3.04. The molecule has 0 saturated carbocycles. The maximum absolute atomic E-state index is 12.1. The zero-order valence-electron chi connectivity index (χ0n) is 30.8. The van der Waals surface area contributed by atoms with Crippen molar-refractivity contribution in [2.45, 2.75) is 213 Å². The normalized spacial score (nSPS) is 11.4. The summed E-state index contributed by atoms with van der Waals surface area (Å²) in [5, 5.41) is 0. The zero-order valence-corrected chi connectivity index (χ0v) is 30.8. The molecule has 5 heteroatoms. The molecule has 0 fully saturated rings. The van der Waals surface area contributed by atoms with Gasteiger partial charge in [-0.05, 0) is 39.3 Å². The summed E-state index contributed by atoms with van der Waals surface area (Å²) in [4.78, 5) is 26.2. The molecule has 0 aliphatic heterocycles. The number of carbonyl (C=O) groups is 2. The molecule has 0 aliphatic rings. The minimum absolute atomic E-state index is 0.0477. The van der Waals surface area contributed by atoms with E-state index < -0.39 is 0 Å². The molecular formula is C40H79NO4. The van der Waals surface area contributed by atoms with Gasteiger partial charge >= 0.3 is 11.9 Å². The van der Waals surface area contributed by atoms with Gasteiger partial charge in [0.05, 0.1) is 19.6 Å². The Labute approximate surface area is 281 Å². The topological polar surface area (TPSA) is 55.8 Å². The maximum atomic E-state index is 12.1. The van der Waals surface area contributed by atoms with Crippen molar-refractivity contribution in [3.05, 3.63) is 0 Å². The first-order chi connectivity index (χ1) is 22.1. The van der Waals surface area contributed by atoms with Crippen LogP contribution in [0.25, 0.3) is 0 Å². The Bertz CT molecular complexity index is 611. The highest BCUT2D eigenvalue weighted by Gasteiger charge is 2.07. The second kappa shape index (κ2) is 37.4. The average molecular weight is 638 g/mol. The SMILES string of the molecule is CCCCCCCCCCCCCCCOC(=O)CCCCCN(C)CCC(=O)OCCCCCCCCCCCCCCC. The van der Waals surface area contributed by atoms with E-state index in [9.17, 15) is 9.59 Å². The number of rotatable bonds is 37. The van der Waals surface area contributed by atoms with Gasteiger partial charge in [-0.3, -0.25) is 9.59 Å². The highest BCUT2D eigenvalue weighted by Crippen LogP contribution is 2.14. The van der Waals surface area contributed by atoms with Crippen molar-refractivity contribution in [2.75, 3.05) is 33.4 Å². The summed E-state index contributed by atoms with van der Waals surface area (Å²) in [5.74, 6) is -0.124. The third kappa shape index (κ3) is 37.2. The quantitative estimate of drug-likeness (QED) is 0.0501. The Kier molecular flexibility index (Phi) is 36.4. The van der Waals surface area contributed by atoms with Crippen LogP contribution in [-0.2, 0) is 19.1 Å². The van der Waals surface area contributed by atoms with Gasteiger partial charge in [0, 0.05) is 13.0 Å². The molecule has 0 saturated heterocycles. The molecule has 0 aromatic rings. The van der Waals surface area contributed by atoms with Gasteiger partial charge in [0.15, 0.2) is 0 Å². The predicted octanol–water partition coefficient (Wildman–Crippen LogP) is 12.1. The van der Waals surface area contributed by atoms with E-state index in [1.807, 2.05) is 0 Å². The van der Waals surface area contributed by atoms with Crippen molar-refractivity contribution in [2.24, 2.45) is 0 Å². The second-order valence-electron chi connectivity index (χ2n) is 13.8. The Hall–Kier alpha value is -1.10. The minimum Gasteiger partial charge on any atom is -0.466 e. The standard InChI is InChI=1S/C40H79NO4/c1-4-6-8-10-12-14-16-18-20-22-24-26-31-37-44-39(42)33-29-28-30-35-41(3)36-34-40(43)45-38-32-27-25-23-21-19-17-15-13-11-9-7-5-2/h4-38H2,1-3H3. The third-order valence-corrected chi connectivity index (χ3v) is 9.14. The summed E-state index contributed by atoms with van der Waals surface area (Å²) in [6, 6.07) is 0. The van der Waals surface area contributed by atoms with E-state index in [1.54, 1.807) is 0 Å². The summed E-state index contributed by atoms with van der Waals surface area (Å²) in [5.41, 5.74) is 0. The van der Waals surface area contributed by atoms with Crippen molar-refractivity contribution in [3.63, 3.8) is 0 Å². The second-order valence-corrected chi connectivity index (χ2v) is 13.8. The fourth-order valence-corrected chi connectivity index (χ4v) is 5.98. The summed E-state index contributed by atoms with van der Waals surface area (Å²) in [6.07, 6.45) is 38.4. The lowest BCUT2D eigenvalue weighted by atomic mass is 10.0. The van der Waals surface area contributed by atoms with Crippen LogP contribution in [-0.4, -0.2) is 50.2 Å². The highest BCUT2D eigenvalue weighted by molar-refractivity contribution is 5.69. The van der Waals surface area contributed by atoms with E-state index in [0.29, 0.717) is 26.1 Å². The molecule has 0 N–H and O–H groups in total. The van der Waals surface area contributed by atoms with Crippen LogP contribution in [0.2, 0.25) is 0 Å². The molecule has 0 aromatic heterocycles. The van der Waals surface area contributed by atoms with Crippen LogP contribution in [0.1, 0.15) is 213 Å². The molecule has 0 amide bonds. The highest BCUT2D eigenvalue weighted by atomic mass is 16.5. The van der Waals surface area contributed by atoms with Gasteiger partial charge in [0.1, 0.15) is 0 Å². The molecule has 0 unspecified atom stereocenters. The lowest BCUT2D eigenvalue weighted by Crippen LogP contribution is -2.23. The first-order valence-corrected chi connectivity index (χ1v) is 20.1. The van der Waals surface area contributed by atoms with Crippen LogP contribution < -0.4 is 0 Å². The molecular weight excluding hydrogens is 558 g/mol. The van der Waals surface area contributed by atoms with Crippen molar-refractivity contribution in [1.82, 2.24) is 4.90 Å². The lowest BCUT2D eigenvalue weighted by molar-refractivity contribution is -0.145. The minimum atomic E-state index is -0.0768. The Morgan fingerprint density at radius 1 is 0.378 bits per heavy atom. The molecule has 0 radical (unpaired) electrons. The van der Waals surface area contributed by atoms with Gasteiger partial charge in [-0.15, -0.1) is 0 Å². The molecule has 45 heavy (non-hydrogen) atoms. The maximum Gasteiger partial charge on any atom is 0.307 e. The Morgan fingerprint density at radius 2 is 0.689 bits per heavy atom. The number of hydrogen-bond donors (Lipinski definition) is 0. The predicted molar refractivity (Wildman–Crippen MR) is 194 cm³/mol. The Balaban J connectivity index is 3.36. The number of unbranched alkanes of at least 4 members (excludes halogenated alkanes) is 26. The smallest absolute Gasteiger partial charge is 0.307 e. The number of esters is 2. The van der Waals surface area contributed by atoms with Gasteiger partial charge in [0.25, 0.3) is 0 Å². The molecule has 0 aromatic carbocycles. The van der Waals surface area contributed by atoms with E-state index in [-0.39, 0.29) is 11.9 Å². The summed E-state index contributed by atoms with van der Waals surface area (Å²) in [6.45, 7) is 7.37. The van der Waals surface area contributed by atoms with Gasteiger partial charge in [0.2, 0.25) is 0 Å². The number of carbonyl (C=O) groups excluding carboxylic acids is 2. The van der Waals surface area contributed by atoms with Crippen LogP contribution in [0.3, 0.4) is 0 Å². The van der Waals surface area contributed by atoms with Crippen LogP contribution in [0.15, 0.2) is 0 Å². The fourth-order valence-electron chi connectivity index (χ4n) is 5.98. The molecule has 268 valence electrons. The van der Waals surface area contributed by atoms with Gasteiger partial charge in [-0.25, -0.2) is 0 Å². The summed E-state index contributed by atoms with van der Waals surface area (Å²) >= 11 is 0. The molecule has 5 nitrogen and oxygen atoms in total. The molecule has 0 bridgehead atoms. The van der Waals surface area contributed by atoms with Crippen LogP contribution in [0.4, 0.5) is 0 Å². The zero-order chi connectivity index (χ0) is 32.9. The van der Waals surface area contributed by atoms with E-state index in [1.165, 1.54) is 148 Å².